The van der Waals surface area contributed by atoms with Crippen molar-refractivity contribution in [2.24, 2.45) is 5.73 Å². The highest BCUT2D eigenvalue weighted by Crippen LogP contribution is 2.22. The monoisotopic (exact) mass is 474 g/mol. The Morgan fingerprint density at radius 2 is 1.94 bits per heavy atom. The maximum Gasteiger partial charge on any atom is 0.356 e. The summed E-state index contributed by atoms with van der Waals surface area (Å²) < 4.78 is 1.72. The average molecular weight is 474 g/mol. The second kappa shape index (κ2) is 11.5. The van der Waals surface area contributed by atoms with Crippen molar-refractivity contribution < 1.29 is 24.6 Å². The summed E-state index contributed by atoms with van der Waals surface area (Å²) in [4.78, 5) is 59.9. The highest BCUT2D eigenvalue weighted by molar-refractivity contribution is 5.88. The van der Waals surface area contributed by atoms with Gasteiger partial charge in [0.25, 0.3) is 0 Å². The second-order valence-corrected chi connectivity index (χ2v) is 7.17. The molecule has 0 spiro atoms. The molecular formula is C21H26N6O7. The number of nitrogens with one attached hydrogen (secondary N) is 3. The molecule has 2 amide bonds. The summed E-state index contributed by atoms with van der Waals surface area (Å²) in [6.45, 7) is 2.56. The number of aromatic amines is 1. The van der Waals surface area contributed by atoms with Crippen LogP contribution in [0, 0.1) is 0 Å². The van der Waals surface area contributed by atoms with Crippen LogP contribution < -0.4 is 27.7 Å². The number of phenolic OH excluding ortho intramolecular Hbond substituents is 1. The Balaban J connectivity index is 2.34. The Morgan fingerprint density at radius 3 is 2.56 bits per heavy atom. The van der Waals surface area contributed by atoms with Gasteiger partial charge in [-0.05, 0) is 37.6 Å². The number of hydrogen-bond donors (Lipinski definition) is 6. The quantitative estimate of drug-likeness (QED) is 0.227. The standard InChI is InChI=1S/C21H26N6O7/c1-3-4-5-12(2)26-20(33)25-27(21(26)34)15-9-13(6-7-16(15)28)8-14(19(31)32)24-18(30)11-23-17(29)10-22/h3-7,9,14,28H,8,10-11,22H2,1-2H3,(H,23,29)(H,24,30)(H,25,33)(H,31,32). The molecule has 0 bridgehead atoms. The van der Waals surface area contributed by atoms with Crippen LogP contribution in [0.4, 0.5) is 0 Å². The number of aliphatic carboxylic acids is 1. The van der Waals surface area contributed by atoms with Gasteiger partial charge in [-0.3, -0.25) is 9.59 Å². The zero-order valence-electron chi connectivity index (χ0n) is 18.6. The van der Waals surface area contributed by atoms with E-state index in [2.05, 4.69) is 15.7 Å². The first-order chi connectivity index (χ1) is 16.1. The minimum Gasteiger partial charge on any atom is -0.506 e. The number of nitrogens with zero attached hydrogens (tertiary/aromatic N) is 2. The van der Waals surface area contributed by atoms with E-state index >= 15 is 0 Å². The molecule has 1 aromatic heterocycles. The fourth-order valence-electron chi connectivity index (χ4n) is 2.97. The lowest BCUT2D eigenvalue weighted by molar-refractivity contribution is -0.141. The SMILES string of the molecule is CC=CC=C(C)n1c(=O)[nH]n(-c2cc(CC(NC(=O)CNC(=O)CN)C(=O)O)ccc2O)c1=O. The lowest BCUT2D eigenvalue weighted by atomic mass is 10.0. The van der Waals surface area contributed by atoms with E-state index < -0.39 is 41.7 Å². The highest BCUT2D eigenvalue weighted by Gasteiger charge is 2.22. The van der Waals surface area contributed by atoms with Crippen LogP contribution in [0.1, 0.15) is 19.4 Å². The first kappa shape index (κ1) is 25.9. The van der Waals surface area contributed by atoms with Crippen molar-refractivity contribution in [1.82, 2.24) is 25.0 Å². The molecule has 1 heterocycles. The van der Waals surface area contributed by atoms with Crippen molar-refractivity contribution in [3.8, 4) is 11.4 Å². The predicted molar refractivity (Wildman–Crippen MR) is 122 cm³/mol. The number of carbonyl (C=O) groups excluding carboxylic acids is 2. The molecule has 1 unspecified atom stereocenters. The summed E-state index contributed by atoms with van der Waals surface area (Å²) in [6, 6.07) is 2.60. The van der Waals surface area contributed by atoms with Crippen LogP contribution in [0.3, 0.4) is 0 Å². The number of nitrogens with two attached hydrogens (primary N) is 1. The normalized spacial score (nSPS) is 12.5. The number of allylic oxidation sites excluding steroid dienone is 4. The molecule has 2 rings (SSSR count). The van der Waals surface area contributed by atoms with Gasteiger partial charge in [0.1, 0.15) is 17.5 Å². The lowest BCUT2D eigenvalue weighted by Gasteiger charge is -2.16. The summed E-state index contributed by atoms with van der Waals surface area (Å²) in [5.74, 6) is -2.99. The van der Waals surface area contributed by atoms with Gasteiger partial charge >= 0.3 is 17.3 Å². The van der Waals surface area contributed by atoms with Gasteiger partial charge in [-0.2, -0.15) is 4.68 Å². The van der Waals surface area contributed by atoms with E-state index in [0.29, 0.717) is 11.3 Å². The van der Waals surface area contributed by atoms with Gasteiger partial charge < -0.3 is 26.6 Å². The number of carboxylic acids is 1. The molecular weight excluding hydrogens is 448 g/mol. The van der Waals surface area contributed by atoms with Crippen LogP contribution in [0.2, 0.25) is 0 Å². The van der Waals surface area contributed by atoms with Gasteiger partial charge in [0, 0.05) is 12.1 Å². The first-order valence-corrected chi connectivity index (χ1v) is 10.1. The summed E-state index contributed by atoms with van der Waals surface area (Å²) in [5, 5.41) is 26.6. The smallest absolute Gasteiger partial charge is 0.356 e. The Hall–Kier alpha value is -4.39. The van der Waals surface area contributed by atoms with E-state index in [9.17, 15) is 34.2 Å². The number of H-pyrrole nitrogens is 1. The average Bonchev–Trinajstić information content (AvgIpc) is 3.09. The first-order valence-electron chi connectivity index (χ1n) is 10.1. The topological polar surface area (TPSA) is 202 Å². The maximum absolute atomic E-state index is 12.8. The molecule has 13 heteroatoms. The van der Waals surface area contributed by atoms with Crippen molar-refractivity contribution in [1.29, 1.82) is 0 Å². The van der Waals surface area contributed by atoms with Crippen LogP contribution in [0.5, 0.6) is 5.75 Å². The minimum atomic E-state index is -1.37. The molecule has 1 aromatic carbocycles. The summed E-state index contributed by atoms with van der Waals surface area (Å²) in [6.07, 6.45) is 4.73. The molecule has 0 fully saturated rings. The molecule has 0 saturated heterocycles. The number of carboxylic acid groups (broad SMARTS) is 1. The number of aromatic hydroxyl groups is 1. The van der Waals surface area contributed by atoms with Gasteiger partial charge in [0.05, 0.1) is 13.1 Å². The van der Waals surface area contributed by atoms with Gasteiger partial charge in [0.2, 0.25) is 11.8 Å². The van der Waals surface area contributed by atoms with Gasteiger partial charge in [0.15, 0.2) is 0 Å². The fraction of sp³-hybridized carbons (Fsp3) is 0.286. The largest absolute Gasteiger partial charge is 0.506 e. The Bertz CT molecular complexity index is 1250. The Morgan fingerprint density at radius 1 is 1.24 bits per heavy atom. The fourth-order valence-corrected chi connectivity index (χ4v) is 2.97. The zero-order chi connectivity index (χ0) is 25.4. The molecule has 0 aliphatic carbocycles. The van der Waals surface area contributed by atoms with E-state index in [1.165, 1.54) is 18.2 Å². The van der Waals surface area contributed by atoms with Crippen LogP contribution in [-0.4, -0.2) is 61.5 Å². The number of amides is 2. The van der Waals surface area contributed by atoms with Crippen LogP contribution in [-0.2, 0) is 20.8 Å². The maximum atomic E-state index is 12.8. The zero-order valence-corrected chi connectivity index (χ0v) is 18.6. The second-order valence-electron chi connectivity index (χ2n) is 7.17. The molecule has 0 saturated carbocycles. The number of aromatic nitrogens is 3. The Labute approximate surface area is 193 Å². The number of hydrogen-bond acceptors (Lipinski definition) is 7. The van der Waals surface area contributed by atoms with E-state index in [1.807, 2.05) is 0 Å². The number of carbonyl (C=O) groups is 3. The van der Waals surface area contributed by atoms with Gasteiger partial charge in [-0.25, -0.2) is 24.0 Å². The number of phenols is 1. The third-order valence-electron chi connectivity index (χ3n) is 4.66. The van der Waals surface area contributed by atoms with Crippen molar-refractivity contribution in [3.05, 3.63) is 63.0 Å². The molecule has 13 nitrogen and oxygen atoms in total. The van der Waals surface area contributed by atoms with Crippen molar-refractivity contribution in [3.63, 3.8) is 0 Å². The Kier molecular flexibility index (Phi) is 8.72. The van der Waals surface area contributed by atoms with E-state index in [0.717, 1.165) is 9.25 Å². The van der Waals surface area contributed by atoms with E-state index in [4.69, 9.17) is 5.73 Å². The third kappa shape index (κ3) is 6.32. The molecule has 0 aliphatic rings. The minimum absolute atomic E-state index is 0.0807. The van der Waals surface area contributed by atoms with Crippen molar-refractivity contribution in [2.45, 2.75) is 26.3 Å². The highest BCUT2D eigenvalue weighted by atomic mass is 16.4. The van der Waals surface area contributed by atoms with Crippen molar-refractivity contribution in [2.75, 3.05) is 13.1 Å². The summed E-state index contributed by atoms with van der Waals surface area (Å²) >= 11 is 0. The molecule has 2 aromatic rings. The van der Waals surface area contributed by atoms with Crippen LogP contribution >= 0.6 is 0 Å². The summed E-state index contributed by atoms with van der Waals surface area (Å²) in [5.41, 5.74) is 4.23. The van der Waals surface area contributed by atoms with Gasteiger partial charge in [-0.1, -0.05) is 18.2 Å². The van der Waals surface area contributed by atoms with Gasteiger partial charge in [-0.15, -0.1) is 0 Å². The summed E-state index contributed by atoms with van der Waals surface area (Å²) in [7, 11) is 0. The lowest BCUT2D eigenvalue weighted by Crippen LogP contribution is -2.47. The molecule has 34 heavy (non-hydrogen) atoms. The van der Waals surface area contributed by atoms with Crippen molar-refractivity contribution >= 4 is 23.5 Å². The van der Waals surface area contributed by atoms with E-state index in [-0.39, 0.29) is 24.4 Å². The van der Waals surface area contributed by atoms with E-state index in [1.54, 1.807) is 32.1 Å². The molecule has 7 N–H and O–H groups in total. The number of benzene rings is 1. The molecule has 0 aliphatic heterocycles. The third-order valence-corrected chi connectivity index (χ3v) is 4.66. The predicted octanol–water partition coefficient (Wildman–Crippen LogP) is -1.34. The molecule has 1 atom stereocenters. The molecule has 182 valence electrons. The van der Waals surface area contributed by atoms with Crippen LogP contribution in [0.25, 0.3) is 11.4 Å². The molecule has 0 radical (unpaired) electrons. The number of rotatable bonds is 10. The van der Waals surface area contributed by atoms with Crippen LogP contribution in [0.15, 0.2) is 46.0 Å².